The molecule has 2 fully saturated rings. The Morgan fingerprint density at radius 3 is 2.27 bits per heavy atom. The maximum Gasteiger partial charge on any atom is 0.257 e. The summed E-state index contributed by atoms with van der Waals surface area (Å²) in [5.74, 6) is 0.784. The van der Waals surface area contributed by atoms with E-state index in [1.54, 1.807) is 0 Å². The highest BCUT2D eigenvalue weighted by Crippen LogP contribution is 2.27. The number of aromatic nitrogens is 1. The number of likely N-dealkylation sites (tertiary alicyclic amines) is 2. The number of rotatable bonds is 4. The van der Waals surface area contributed by atoms with Crippen LogP contribution in [-0.2, 0) is 0 Å². The minimum atomic E-state index is -0.140. The van der Waals surface area contributed by atoms with Gasteiger partial charge in [0.05, 0.1) is 17.4 Å². The lowest BCUT2D eigenvalue weighted by Gasteiger charge is -2.41. The van der Waals surface area contributed by atoms with Gasteiger partial charge in [0.1, 0.15) is 5.82 Å². The molecule has 1 N–H and O–H groups in total. The van der Waals surface area contributed by atoms with Crippen LogP contribution in [0, 0.1) is 0 Å². The Labute approximate surface area is 179 Å². The third-order valence-electron chi connectivity index (χ3n) is 6.37. The molecule has 3 heterocycles. The molecule has 0 aliphatic carbocycles. The summed E-state index contributed by atoms with van der Waals surface area (Å²) in [7, 11) is 3.87. The Hall–Kier alpha value is -2.44. The van der Waals surface area contributed by atoms with E-state index in [0.29, 0.717) is 17.4 Å². The van der Waals surface area contributed by atoms with Crippen molar-refractivity contribution in [2.24, 2.45) is 0 Å². The van der Waals surface area contributed by atoms with Crippen molar-refractivity contribution >= 4 is 11.7 Å². The number of pyridine rings is 1. The number of aliphatic hydroxyl groups is 1. The smallest absolute Gasteiger partial charge is 0.257 e. The van der Waals surface area contributed by atoms with Crippen LogP contribution in [-0.4, -0.2) is 78.2 Å². The van der Waals surface area contributed by atoms with Crippen LogP contribution in [0.15, 0.2) is 42.5 Å². The van der Waals surface area contributed by atoms with Crippen molar-refractivity contribution in [2.75, 3.05) is 45.2 Å². The second kappa shape index (κ2) is 9.14. The van der Waals surface area contributed by atoms with Gasteiger partial charge in [-0.25, -0.2) is 4.98 Å². The fourth-order valence-corrected chi connectivity index (χ4v) is 4.58. The number of piperidine rings is 2. The van der Waals surface area contributed by atoms with Crippen molar-refractivity contribution < 1.29 is 9.90 Å². The van der Waals surface area contributed by atoms with Crippen LogP contribution in [0.4, 0.5) is 5.82 Å². The Morgan fingerprint density at radius 1 is 0.967 bits per heavy atom. The third kappa shape index (κ3) is 4.50. The molecule has 0 atom stereocenters. The van der Waals surface area contributed by atoms with Crippen LogP contribution in [0.2, 0.25) is 0 Å². The summed E-state index contributed by atoms with van der Waals surface area (Å²) >= 11 is 0. The SMILES string of the molecule is CN(C)c1nc(-c2ccccc2)ccc1C(=O)N1CCC(N2CCC(O)CC2)CC1. The molecule has 2 aliphatic heterocycles. The number of anilines is 1. The van der Waals surface area contributed by atoms with Crippen molar-refractivity contribution in [3.05, 3.63) is 48.0 Å². The standard InChI is InChI=1S/C24H32N4O2/c1-26(2)23-21(8-9-22(25-23)18-6-4-3-5-7-18)24(30)28-14-10-19(11-15-28)27-16-12-20(29)13-17-27/h3-9,19-20,29H,10-17H2,1-2H3. The first-order chi connectivity index (χ1) is 14.5. The maximum absolute atomic E-state index is 13.3. The lowest BCUT2D eigenvalue weighted by atomic mass is 9.98. The number of amides is 1. The van der Waals surface area contributed by atoms with Gasteiger partial charge >= 0.3 is 0 Å². The van der Waals surface area contributed by atoms with Crippen LogP contribution in [0.5, 0.6) is 0 Å². The van der Waals surface area contributed by atoms with Crippen LogP contribution in [0.3, 0.4) is 0 Å². The normalized spacial score (nSPS) is 19.1. The maximum atomic E-state index is 13.3. The van der Waals surface area contributed by atoms with Crippen LogP contribution >= 0.6 is 0 Å². The predicted octanol–water partition coefficient (Wildman–Crippen LogP) is 2.88. The van der Waals surface area contributed by atoms with Crippen LogP contribution in [0.1, 0.15) is 36.0 Å². The second-order valence-corrected chi connectivity index (χ2v) is 8.62. The van der Waals surface area contributed by atoms with Gasteiger partial charge in [0, 0.05) is 51.9 Å². The molecule has 1 aromatic carbocycles. The topological polar surface area (TPSA) is 59.9 Å². The number of nitrogens with zero attached hydrogens (tertiary/aromatic N) is 4. The van der Waals surface area contributed by atoms with Gasteiger partial charge in [0.25, 0.3) is 5.91 Å². The summed E-state index contributed by atoms with van der Waals surface area (Å²) in [6, 6.07) is 14.4. The van der Waals surface area contributed by atoms with E-state index in [4.69, 9.17) is 4.98 Å². The van der Waals surface area contributed by atoms with E-state index in [-0.39, 0.29) is 12.0 Å². The van der Waals surface area contributed by atoms with Gasteiger partial charge in [-0.1, -0.05) is 30.3 Å². The first-order valence-corrected chi connectivity index (χ1v) is 11.0. The van der Waals surface area contributed by atoms with E-state index in [1.807, 2.05) is 66.4 Å². The molecule has 1 amide bonds. The molecular formula is C24H32N4O2. The predicted molar refractivity (Wildman–Crippen MR) is 120 cm³/mol. The van der Waals surface area contributed by atoms with Gasteiger partial charge in [-0.15, -0.1) is 0 Å². The van der Waals surface area contributed by atoms with Crippen molar-refractivity contribution in [1.29, 1.82) is 0 Å². The Bertz CT molecular complexity index is 855. The van der Waals surface area contributed by atoms with Crippen LogP contribution in [0.25, 0.3) is 11.3 Å². The van der Waals surface area contributed by atoms with E-state index in [2.05, 4.69) is 4.90 Å². The number of benzene rings is 1. The summed E-state index contributed by atoms with van der Waals surface area (Å²) in [5.41, 5.74) is 2.59. The fourth-order valence-electron chi connectivity index (χ4n) is 4.58. The van der Waals surface area contributed by atoms with Gasteiger partial charge in [0.2, 0.25) is 0 Å². The van der Waals surface area contributed by atoms with Crippen molar-refractivity contribution in [2.45, 2.75) is 37.8 Å². The molecule has 0 saturated carbocycles. The van der Waals surface area contributed by atoms with E-state index in [1.165, 1.54) is 0 Å². The van der Waals surface area contributed by atoms with Gasteiger partial charge in [-0.05, 0) is 37.8 Å². The zero-order chi connectivity index (χ0) is 21.1. The molecule has 2 saturated heterocycles. The van der Waals surface area contributed by atoms with Gasteiger partial charge in [-0.3, -0.25) is 4.79 Å². The molecule has 2 aromatic rings. The molecule has 6 heteroatoms. The third-order valence-corrected chi connectivity index (χ3v) is 6.37. The van der Waals surface area contributed by atoms with E-state index in [9.17, 15) is 9.90 Å². The van der Waals surface area contributed by atoms with E-state index in [0.717, 1.165) is 63.1 Å². The quantitative estimate of drug-likeness (QED) is 0.843. The molecule has 160 valence electrons. The second-order valence-electron chi connectivity index (χ2n) is 8.62. The highest BCUT2D eigenvalue weighted by molar-refractivity contribution is 5.99. The number of aliphatic hydroxyl groups excluding tert-OH is 1. The van der Waals surface area contributed by atoms with E-state index < -0.39 is 0 Å². The number of carbonyl (C=O) groups is 1. The molecule has 0 radical (unpaired) electrons. The van der Waals surface area contributed by atoms with Gasteiger partial charge < -0.3 is 19.8 Å². The monoisotopic (exact) mass is 408 g/mol. The number of carbonyl (C=O) groups excluding carboxylic acids is 1. The summed E-state index contributed by atoms with van der Waals surface area (Å²) in [6.07, 6.45) is 3.58. The first kappa shape index (κ1) is 20.8. The Kier molecular flexibility index (Phi) is 6.35. The summed E-state index contributed by atoms with van der Waals surface area (Å²) in [5, 5.41) is 9.74. The zero-order valence-electron chi connectivity index (χ0n) is 18.0. The molecular weight excluding hydrogens is 376 g/mol. The van der Waals surface area contributed by atoms with Gasteiger partial charge in [-0.2, -0.15) is 0 Å². The summed E-state index contributed by atoms with van der Waals surface area (Å²) < 4.78 is 0. The van der Waals surface area contributed by atoms with Crippen molar-refractivity contribution in [3.8, 4) is 11.3 Å². The molecule has 2 aliphatic rings. The molecule has 4 rings (SSSR count). The molecule has 30 heavy (non-hydrogen) atoms. The molecule has 0 unspecified atom stereocenters. The minimum Gasteiger partial charge on any atom is -0.393 e. The molecule has 1 aromatic heterocycles. The lowest BCUT2D eigenvalue weighted by molar-refractivity contribution is 0.0357. The summed E-state index contributed by atoms with van der Waals surface area (Å²) in [6.45, 7) is 3.48. The molecule has 0 bridgehead atoms. The molecule has 0 spiro atoms. The highest BCUT2D eigenvalue weighted by atomic mass is 16.3. The minimum absolute atomic E-state index is 0.0679. The average molecular weight is 409 g/mol. The van der Waals surface area contributed by atoms with Gasteiger partial charge in [0.15, 0.2) is 0 Å². The Balaban J connectivity index is 1.45. The average Bonchev–Trinajstić information content (AvgIpc) is 2.79. The van der Waals surface area contributed by atoms with Crippen LogP contribution < -0.4 is 4.90 Å². The highest BCUT2D eigenvalue weighted by Gasteiger charge is 2.30. The largest absolute Gasteiger partial charge is 0.393 e. The fraction of sp³-hybridized carbons (Fsp3) is 0.500. The van der Waals surface area contributed by atoms with Crippen molar-refractivity contribution in [3.63, 3.8) is 0 Å². The zero-order valence-corrected chi connectivity index (χ0v) is 18.0. The van der Waals surface area contributed by atoms with Crippen molar-refractivity contribution in [1.82, 2.24) is 14.8 Å². The lowest BCUT2D eigenvalue weighted by Crippen LogP contribution is -2.49. The van der Waals surface area contributed by atoms with E-state index >= 15 is 0 Å². The Morgan fingerprint density at radius 2 is 1.63 bits per heavy atom. The number of hydrogen-bond acceptors (Lipinski definition) is 5. The number of hydrogen-bond donors (Lipinski definition) is 1. The molecule has 6 nitrogen and oxygen atoms in total. The summed E-state index contributed by atoms with van der Waals surface area (Å²) in [4.78, 5) is 24.5. The first-order valence-electron chi connectivity index (χ1n) is 11.0.